The van der Waals surface area contributed by atoms with E-state index < -0.39 is 5.97 Å². The number of hydrogen-bond donors (Lipinski definition) is 1. The molecule has 0 aliphatic heterocycles. The molecule has 0 saturated carbocycles. The lowest BCUT2D eigenvalue weighted by Crippen LogP contribution is -2.08. The van der Waals surface area contributed by atoms with Crippen molar-refractivity contribution in [3.05, 3.63) is 48.2 Å². The van der Waals surface area contributed by atoms with Gasteiger partial charge in [0.05, 0.1) is 25.0 Å². The summed E-state index contributed by atoms with van der Waals surface area (Å²) in [6.45, 7) is 2.05. The molecule has 3 rings (SSSR count). The number of fused-ring (bicyclic) bond motifs is 1. The third-order valence-corrected chi connectivity index (χ3v) is 3.64. The predicted molar refractivity (Wildman–Crippen MR) is 91.9 cm³/mol. The fourth-order valence-corrected chi connectivity index (χ4v) is 2.43. The number of pyridine rings is 2. The van der Waals surface area contributed by atoms with Gasteiger partial charge < -0.3 is 15.2 Å². The van der Waals surface area contributed by atoms with Gasteiger partial charge in [0.1, 0.15) is 17.1 Å². The van der Waals surface area contributed by atoms with Gasteiger partial charge in [-0.3, -0.25) is 0 Å². The van der Waals surface area contributed by atoms with Crippen LogP contribution in [-0.2, 0) is 4.74 Å². The van der Waals surface area contributed by atoms with Gasteiger partial charge in [0.15, 0.2) is 0 Å². The molecule has 24 heavy (non-hydrogen) atoms. The third-order valence-electron chi connectivity index (χ3n) is 3.64. The summed E-state index contributed by atoms with van der Waals surface area (Å²) in [6.07, 6.45) is 1.42. The first-order valence-corrected chi connectivity index (χ1v) is 7.50. The van der Waals surface area contributed by atoms with Crippen LogP contribution in [0.3, 0.4) is 0 Å². The van der Waals surface area contributed by atoms with E-state index in [4.69, 9.17) is 15.2 Å². The summed E-state index contributed by atoms with van der Waals surface area (Å²) in [5.41, 5.74) is 8.43. The Hall–Kier alpha value is -3.15. The maximum atomic E-state index is 12.1. The highest BCUT2D eigenvalue weighted by Crippen LogP contribution is 2.27. The average molecular weight is 323 g/mol. The van der Waals surface area contributed by atoms with Crippen molar-refractivity contribution < 1.29 is 14.3 Å². The molecule has 3 aromatic rings. The van der Waals surface area contributed by atoms with Crippen molar-refractivity contribution in [1.29, 1.82) is 0 Å². The number of benzene rings is 1. The van der Waals surface area contributed by atoms with Crippen LogP contribution in [0.2, 0.25) is 0 Å². The predicted octanol–water partition coefficient (Wildman–Crippen LogP) is 3.06. The molecule has 0 atom stereocenters. The average Bonchev–Trinajstić information content (AvgIpc) is 2.62. The molecular formula is C18H17N3O3. The maximum absolute atomic E-state index is 12.1. The minimum atomic E-state index is -0.436. The molecule has 0 bridgehead atoms. The molecule has 122 valence electrons. The number of carbonyl (C=O) groups excluding carboxylic acids is 1. The van der Waals surface area contributed by atoms with Gasteiger partial charge in [0, 0.05) is 17.1 Å². The van der Waals surface area contributed by atoms with E-state index in [-0.39, 0.29) is 5.82 Å². The molecule has 0 aliphatic rings. The van der Waals surface area contributed by atoms with Gasteiger partial charge in [-0.2, -0.15) is 0 Å². The molecule has 2 heterocycles. The first-order chi connectivity index (χ1) is 11.6. The monoisotopic (exact) mass is 323 g/mol. The van der Waals surface area contributed by atoms with Gasteiger partial charge in [0.2, 0.25) is 0 Å². The van der Waals surface area contributed by atoms with Crippen molar-refractivity contribution in [1.82, 2.24) is 9.97 Å². The van der Waals surface area contributed by atoms with E-state index in [2.05, 4.69) is 9.97 Å². The van der Waals surface area contributed by atoms with Gasteiger partial charge in [-0.15, -0.1) is 0 Å². The third kappa shape index (κ3) is 2.86. The minimum Gasteiger partial charge on any atom is -0.497 e. The van der Waals surface area contributed by atoms with Crippen LogP contribution in [0.25, 0.3) is 22.2 Å². The summed E-state index contributed by atoms with van der Waals surface area (Å²) in [4.78, 5) is 20.7. The summed E-state index contributed by atoms with van der Waals surface area (Å²) in [5, 5.41) is 0.623. The van der Waals surface area contributed by atoms with Gasteiger partial charge in [-0.05, 0) is 43.3 Å². The molecule has 0 fully saturated rings. The molecule has 0 radical (unpaired) electrons. The Morgan fingerprint density at radius 3 is 2.58 bits per heavy atom. The van der Waals surface area contributed by atoms with Crippen molar-refractivity contribution in [2.24, 2.45) is 0 Å². The number of aromatic nitrogens is 2. The molecule has 2 N–H and O–H groups in total. The first kappa shape index (κ1) is 15.7. The largest absolute Gasteiger partial charge is 0.497 e. The van der Waals surface area contributed by atoms with Crippen LogP contribution in [0.1, 0.15) is 17.3 Å². The van der Waals surface area contributed by atoms with Gasteiger partial charge in [-0.25, -0.2) is 14.8 Å². The smallest absolute Gasteiger partial charge is 0.340 e. The van der Waals surface area contributed by atoms with E-state index in [1.165, 1.54) is 6.20 Å². The Bertz CT molecular complexity index is 892. The summed E-state index contributed by atoms with van der Waals surface area (Å²) in [6, 6.07) is 11.2. The van der Waals surface area contributed by atoms with E-state index in [0.717, 1.165) is 17.0 Å². The zero-order valence-electron chi connectivity index (χ0n) is 13.4. The molecule has 6 heteroatoms. The van der Waals surface area contributed by atoms with Crippen molar-refractivity contribution in [3.8, 4) is 17.0 Å². The Kier molecular flexibility index (Phi) is 4.29. The molecular weight excluding hydrogens is 306 g/mol. The normalized spacial score (nSPS) is 10.6. The molecule has 2 aromatic heterocycles. The number of nitrogens with two attached hydrogens (primary N) is 1. The SMILES string of the molecule is CCOC(=O)c1cnc(N)c2nc(-c3ccc(OC)cc3)ccc12. The lowest BCUT2D eigenvalue weighted by Gasteiger charge is -2.09. The zero-order chi connectivity index (χ0) is 17.1. The quantitative estimate of drug-likeness (QED) is 0.742. The van der Waals surface area contributed by atoms with Crippen LogP contribution in [0.15, 0.2) is 42.6 Å². The Balaban J connectivity index is 2.10. The topological polar surface area (TPSA) is 87.3 Å². The fourth-order valence-electron chi connectivity index (χ4n) is 2.43. The lowest BCUT2D eigenvalue weighted by atomic mass is 10.1. The highest BCUT2D eigenvalue weighted by atomic mass is 16.5. The lowest BCUT2D eigenvalue weighted by molar-refractivity contribution is 0.0528. The van der Waals surface area contributed by atoms with Crippen molar-refractivity contribution in [2.45, 2.75) is 6.92 Å². The molecule has 6 nitrogen and oxygen atoms in total. The van der Waals surface area contributed by atoms with Crippen LogP contribution in [-0.4, -0.2) is 29.7 Å². The first-order valence-electron chi connectivity index (χ1n) is 7.50. The summed E-state index contributed by atoms with van der Waals surface area (Å²) in [7, 11) is 1.62. The molecule has 0 amide bonds. The second kappa shape index (κ2) is 6.54. The highest BCUT2D eigenvalue weighted by molar-refractivity contribution is 6.05. The van der Waals surface area contributed by atoms with Crippen molar-refractivity contribution in [3.63, 3.8) is 0 Å². The van der Waals surface area contributed by atoms with Gasteiger partial charge in [-0.1, -0.05) is 0 Å². The fraction of sp³-hybridized carbons (Fsp3) is 0.167. The Morgan fingerprint density at radius 1 is 1.17 bits per heavy atom. The number of nitrogens with zero attached hydrogens (tertiary/aromatic N) is 2. The number of ether oxygens (including phenoxy) is 2. The Labute approximate surface area is 139 Å². The Morgan fingerprint density at radius 2 is 1.92 bits per heavy atom. The number of nitrogen functional groups attached to an aromatic ring is 1. The van der Waals surface area contributed by atoms with Crippen molar-refractivity contribution >= 4 is 22.7 Å². The summed E-state index contributed by atoms with van der Waals surface area (Å²) >= 11 is 0. The zero-order valence-corrected chi connectivity index (χ0v) is 13.4. The van der Waals surface area contributed by atoms with Gasteiger partial charge in [0.25, 0.3) is 0 Å². The molecule has 0 aliphatic carbocycles. The van der Waals surface area contributed by atoms with E-state index in [1.54, 1.807) is 14.0 Å². The van der Waals surface area contributed by atoms with Gasteiger partial charge >= 0.3 is 5.97 Å². The number of methoxy groups -OCH3 is 1. The molecule has 1 aromatic carbocycles. The second-order valence-corrected chi connectivity index (χ2v) is 5.10. The summed E-state index contributed by atoms with van der Waals surface area (Å²) in [5.74, 6) is 0.604. The molecule has 0 unspecified atom stereocenters. The van der Waals surface area contributed by atoms with Crippen LogP contribution in [0.5, 0.6) is 5.75 Å². The van der Waals surface area contributed by atoms with Crippen LogP contribution < -0.4 is 10.5 Å². The van der Waals surface area contributed by atoms with Crippen molar-refractivity contribution in [2.75, 3.05) is 19.5 Å². The van der Waals surface area contributed by atoms with E-state index in [9.17, 15) is 4.79 Å². The van der Waals surface area contributed by atoms with Crippen LogP contribution in [0, 0.1) is 0 Å². The minimum absolute atomic E-state index is 0.272. The number of anilines is 1. The number of hydrogen-bond acceptors (Lipinski definition) is 6. The van der Waals surface area contributed by atoms with E-state index in [1.807, 2.05) is 36.4 Å². The number of carbonyl (C=O) groups is 1. The van der Waals surface area contributed by atoms with Crippen LogP contribution in [0.4, 0.5) is 5.82 Å². The maximum Gasteiger partial charge on any atom is 0.340 e. The van der Waals surface area contributed by atoms with E-state index in [0.29, 0.717) is 23.1 Å². The summed E-state index contributed by atoms with van der Waals surface area (Å²) < 4.78 is 10.2. The molecule has 0 saturated heterocycles. The highest BCUT2D eigenvalue weighted by Gasteiger charge is 2.15. The number of rotatable bonds is 4. The molecule has 0 spiro atoms. The number of esters is 1. The second-order valence-electron chi connectivity index (χ2n) is 5.10. The standard InChI is InChI=1S/C18H17N3O3/c1-3-24-18(22)14-10-20-17(19)16-13(14)8-9-15(21-16)11-4-6-12(23-2)7-5-11/h4-10H,3H2,1-2H3,(H2,19,20). The van der Waals surface area contributed by atoms with E-state index >= 15 is 0 Å². The van der Waals surface area contributed by atoms with Crippen LogP contribution >= 0.6 is 0 Å².